The summed E-state index contributed by atoms with van der Waals surface area (Å²) in [7, 11) is 0. The summed E-state index contributed by atoms with van der Waals surface area (Å²) in [4.78, 5) is 16.3. The molecular formula is C16H24N4O. The molecule has 1 amide bonds. The van der Waals surface area contributed by atoms with E-state index in [1.807, 2.05) is 32.0 Å². The van der Waals surface area contributed by atoms with Crippen molar-refractivity contribution < 1.29 is 4.79 Å². The first kappa shape index (κ1) is 15.5. The number of fused-ring (bicyclic) bond motifs is 1. The number of aromatic nitrogens is 2. The summed E-state index contributed by atoms with van der Waals surface area (Å²) in [5.74, 6) is 0.999. The molecule has 5 heteroatoms. The van der Waals surface area contributed by atoms with Crippen LogP contribution in [0.2, 0.25) is 0 Å². The zero-order valence-corrected chi connectivity index (χ0v) is 13.0. The second kappa shape index (κ2) is 7.22. The van der Waals surface area contributed by atoms with Crippen LogP contribution in [-0.4, -0.2) is 28.0 Å². The number of carbonyl (C=O) groups is 1. The van der Waals surface area contributed by atoms with Crippen LogP contribution < -0.4 is 10.6 Å². The number of rotatable bonds is 7. The van der Waals surface area contributed by atoms with Crippen LogP contribution in [0, 0.1) is 0 Å². The topological polar surface area (TPSA) is 59.0 Å². The Labute approximate surface area is 125 Å². The Morgan fingerprint density at radius 1 is 1.33 bits per heavy atom. The van der Waals surface area contributed by atoms with Crippen LogP contribution in [0.15, 0.2) is 24.3 Å². The van der Waals surface area contributed by atoms with Gasteiger partial charge in [-0.3, -0.25) is 4.79 Å². The fraction of sp³-hybridized carbons (Fsp3) is 0.500. The van der Waals surface area contributed by atoms with E-state index in [-0.39, 0.29) is 11.9 Å². The molecule has 0 saturated carbocycles. The summed E-state index contributed by atoms with van der Waals surface area (Å²) < 4.78 is 2.22. The largest absolute Gasteiger partial charge is 0.353 e. The molecule has 114 valence electrons. The second-order valence-electron chi connectivity index (χ2n) is 5.49. The van der Waals surface area contributed by atoms with Gasteiger partial charge in [-0.2, -0.15) is 0 Å². The number of amides is 1. The van der Waals surface area contributed by atoms with Gasteiger partial charge in [-0.05, 0) is 32.4 Å². The molecule has 1 aromatic carbocycles. The molecule has 0 bridgehead atoms. The number of hydrogen-bond donors (Lipinski definition) is 2. The van der Waals surface area contributed by atoms with Crippen LogP contribution in [0.3, 0.4) is 0 Å². The molecular weight excluding hydrogens is 264 g/mol. The lowest BCUT2D eigenvalue weighted by Gasteiger charge is -2.10. The first-order chi connectivity index (χ1) is 10.1. The van der Waals surface area contributed by atoms with Crippen molar-refractivity contribution in [3.05, 3.63) is 30.1 Å². The second-order valence-corrected chi connectivity index (χ2v) is 5.49. The summed E-state index contributed by atoms with van der Waals surface area (Å²) in [5, 5.41) is 6.04. The average Bonchev–Trinajstić information content (AvgIpc) is 2.77. The Balaban J connectivity index is 2.04. The van der Waals surface area contributed by atoms with Gasteiger partial charge in [0.1, 0.15) is 5.82 Å². The Hall–Kier alpha value is -1.88. The minimum absolute atomic E-state index is 0.0168. The fourth-order valence-electron chi connectivity index (χ4n) is 2.39. The quantitative estimate of drug-likeness (QED) is 0.820. The Morgan fingerprint density at radius 2 is 2.10 bits per heavy atom. The van der Waals surface area contributed by atoms with Crippen molar-refractivity contribution in [2.45, 2.75) is 46.3 Å². The normalized spacial score (nSPS) is 11.2. The van der Waals surface area contributed by atoms with Crippen LogP contribution in [0.5, 0.6) is 0 Å². The van der Waals surface area contributed by atoms with Crippen molar-refractivity contribution in [3.8, 4) is 0 Å². The highest BCUT2D eigenvalue weighted by Crippen LogP contribution is 2.16. The van der Waals surface area contributed by atoms with Crippen LogP contribution in [-0.2, 0) is 17.9 Å². The minimum Gasteiger partial charge on any atom is -0.353 e. The number of para-hydroxylation sites is 2. The average molecular weight is 288 g/mol. The molecule has 0 radical (unpaired) electrons. The summed E-state index contributed by atoms with van der Waals surface area (Å²) >= 11 is 0. The van der Waals surface area contributed by atoms with E-state index in [4.69, 9.17) is 0 Å². The molecule has 2 rings (SSSR count). The molecule has 0 aliphatic heterocycles. The van der Waals surface area contributed by atoms with Gasteiger partial charge in [-0.1, -0.05) is 19.1 Å². The van der Waals surface area contributed by atoms with Gasteiger partial charge in [-0.25, -0.2) is 4.98 Å². The number of carbonyl (C=O) groups excluding carboxylic acids is 1. The fourth-order valence-corrected chi connectivity index (χ4v) is 2.39. The van der Waals surface area contributed by atoms with Crippen molar-refractivity contribution >= 4 is 16.9 Å². The summed E-state index contributed by atoms with van der Waals surface area (Å²) in [6.45, 7) is 7.92. The molecule has 2 aromatic rings. The van der Waals surface area contributed by atoms with Gasteiger partial charge in [-0.15, -0.1) is 0 Å². The van der Waals surface area contributed by atoms with E-state index in [0.29, 0.717) is 13.1 Å². The van der Waals surface area contributed by atoms with E-state index in [1.165, 1.54) is 0 Å². The molecule has 0 fully saturated rings. The summed E-state index contributed by atoms with van der Waals surface area (Å²) in [5.41, 5.74) is 2.16. The Morgan fingerprint density at radius 3 is 2.81 bits per heavy atom. The van der Waals surface area contributed by atoms with Crippen LogP contribution in [0.1, 0.15) is 33.0 Å². The summed E-state index contributed by atoms with van der Waals surface area (Å²) in [6.07, 6.45) is 1.06. The molecule has 0 atom stereocenters. The molecule has 0 saturated heterocycles. The molecule has 0 aliphatic carbocycles. The van der Waals surface area contributed by atoms with E-state index in [0.717, 1.165) is 29.8 Å². The van der Waals surface area contributed by atoms with Gasteiger partial charge < -0.3 is 15.2 Å². The maximum absolute atomic E-state index is 11.6. The highest BCUT2D eigenvalue weighted by atomic mass is 16.1. The van der Waals surface area contributed by atoms with E-state index in [9.17, 15) is 4.79 Å². The standard InChI is InChI=1S/C16H24N4O/c1-4-9-20-14-8-6-5-7-13(14)19-15(20)10-17-11-16(21)18-12(2)3/h5-8,12,17H,4,9-11H2,1-3H3,(H,18,21). The number of benzene rings is 1. The lowest BCUT2D eigenvalue weighted by molar-refractivity contribution is -0.120. The van der Waals surface area contributed by atoms with E-state index in [2.05, 4.69) is 33.2 Å². The van der Waals surface area contributed by atoms with E-state index < -0.39 is 0 Å². The van der Waals surface area contributed by atoms with Gasteiger partial charge in [0.15, 0.2) is 0 Å². The lowest BCUT2D eigenvalue weighted by Crippen LogP contribution is -2.37. The summed E-state index contributed by atoms with van der Waals surface area (Å²) in [6, 6.07) is 8.31. The van der Waals surface area contributed by atoms with E-state index in [1.54, 1.807) is 0 Å². The maximum atomic E-state index is 11.6. The smallest absolute Gasteiger partial charge is 0.234 e. The molecule has 1 heterocycles. The van der Waals surface area contributed by atoms with Crippen molar-refractivity contribution in [2.24, 2.45) is 0 Å². The first-order valence-corrected chi connectivity index (χ1v) is 7.56. The van der Waals surface area contributed by atoms with Gasteiger partial charge in [0, 0.05) is 12.6 Å². The predicted octanol–water partition coefficient (Wildman–Crippen LogP) is 2.06. The number of imidazole rings is 1. The molecule has 0 unspecified atom stereocenters. The number of aryl methyl sites for hydroxylation is 1. The monoisotopic (exact) mass is 288 g/mol. The van der Waals surface area contributed by atoms with Gasteiger partial charge >= 0.3 is 0 Å². The van der Waals surface area contributed by atoms with Crippen molar-refractivity contribution in [1.82, 2.24) is 20.2 Å². The molecule has 0 spiro atoms. The zero-order valence-electron chi connectivity index (χ0n) is 13.0. The minimum atomic E-state index is 0.0168. The predicted molar refractivity (Wildman–Crippen MR) is 85.0 cm³/mol. The van der Waals surface area contributed by atoms with Crippen LogP contribution in [0.4, 0.5) is 0 Å². The highest BCUT2D eigenvalue weighted by Gasteiger charge is 2.10. The van der Waals surface area contributed by atoms with Crippen LogP contribution in [0.25, 0.3) is 11.0 Å². The molecule has 5 nitrogen and oxygen atoms in total. The maximum Gasteiger partial charge on any atom is 0.234 e. The molecule has 21 heavy (non-hydrogen) atoms. The Kier molecular flexibility index (Phi) is 5.33. The van der Waals surface area contributed by atoms with Crippen molar-refractivity contribution in [1.29, 1.82) is 0 Å². The van der Waals surface area contributed by atoms with Gasteiger partial charge in [0.05, 0.1) is 24.1 Å². The van der Waals surface area contributed by atoms with Crippen LogP contribution >= 0.6 is 0 Å². The van der Waals surface area contributed by atoms with Gasteiger partial charge in [0.2, 0.25) is 5.91 Å². The zero-order chi connectivity index (χ0) is 15.2. The molecule has 0 aliphatic rings. The molecule has 2 N–H and O–H groups in total. The first-order valence-electron chi connectivity index (χ1n) is 7.56. The van der Waals surface area contributed by atoms with E-state index >= 15 is 0 Å². The number of nitrogens with zero attached hydrogens (tertiary/aromatic N) is 2. The SMILES string of the molecule is CCCn1c(CNCC(=O)NC(C)C)nc2ccccc21. The third-order valence-corrected chi connectivity index (χ3v) is 3.20. The lowest BCUT2D eigenvalue weighted by atomic mass is 10.3. The Bertz CT molecular complexity index is 603. The number of nitrogens with one attached hydrogen (secondary N) is 2. The van der Waals surface area contributed by atoms with Crippen molar-refractivity contribution in [2.75, 3.05) is 6.54 Å². The van der Waals surface area contributed by atoms with Gasteiger partial charge in [0.25, 0.3) is 0 Å². The number of hydrogen-bond acceptors (Lipinski definition) is 3. The third-order valence-electron chi connectivity index (χ3n) is 3.20. The highest BCUT2D eigenvalue weighted by molar-refractivity contribution is 5.78. The third kappa shape index (κ3) is 4.04. The molecule has 1 aromatic heterocycles. The van der Waals surface area contributed by atoms with Crippen molar-refractivity contribution in [3.63, 3.8) is 0 Å².